The standard InChI is InChI=1S/C10H23ClO3SSi/c1-12-16(13-2,14-3)9-7-10(15)6-4-5-8-11/h10,15H,4-9H2,1-3H3. The monoisotopic (exact) mass is 286 g/mol. The molecular weight excluding hydrogens is 264 g/mol. The summed E-state index contributed by atoms with van der Waals surface area (Å²) in [6, 6.07) is 0.811. The second-order valence-corrected chi connectivity index (χ2v) is 7.87. The molecule has 0 aliphatic rings. The largest absolute Gasteiger partial charge is 0.500 e. The van der Waals surface area contributed by atoms with E-state index in [1.165, 1.54) is 0 Å². The van der Waals surface area contributed by atoms with Crippen molar-refractivity contribution < 1.29 is 13.3 Å². The Kier molecular flexibility index (Phi) is 10.2. The molecule has 6 heteroatoms. The zero-order chi connectivity index (χ0) is 12.4. The third-order valence-electron chi connectivity index (χ3n) is 2.64. The van der Waals surface area contributed by atoms with Crippen LogP contribution in [0, 0.1) is 0 Å². The molecule has 16 heavy (non-hydrogen) atoms. The van der Waals surface area contributed by atoms with Crippen molar-refractivity contribution in [2.75, 3.05) is 27.2 Å². The molecule has 0 saturated heterocycles. The fourth-order valence-electron chi connectivity index (χ4n) is 1.52. The normalized spacial score (nSPS) is 14.1. The van der Waals surface area contributed by atoms with Gasteiger partial charge in [0.25, 0.3) is 0 Å². The van der Waals surface area contributed by atoms with E-state index in [9.17, 15) is 0 Å². The summed E-state index contributed by atoms with van der Waals surface area (Å²) in [5.41, 5.74) is 0. The van der Waals surface area contributed by atoms with Gasteiger partial charge >= 0.3 is 8.80 Å². The van der Waals surface area contributed by atoms with E-state index in [2.05, 4.69) is 12.6 Å². The summed E-state index contributed by atoms with van der Waals surface area (Å²) in [6.45, 7) is 0. The Bertz CT molecular complexity index is 162. The van der Waals surface area contributed by atoms with Crippen LogP contribution in [0.1, 0.15) is 25.7 Å². The predicted octanol–water partition coefficient (Wildman–Crippen LogP) is 2.96. The van der Waals surface area contributed by atoms with E-state index in [0.29, 0.717) is 5.25 Å². The Morgan fingerprint density at radius 3 is 2.06 bits per heavy atom. The van der Waals surface area contributed by atoms with Crippen LogP contribution < -0.4 is 0 Å². The molecule has 0 heterocycles. The lowest BCUT2D eigenvalue weighted by atomic mass is 10.2. The molecule has 98 valence electrons. The Morgan fingerprint density at radius 2 is 1.62 bits per heavy atom. The first kappa shape index (κ1) is 16.7. The minimum Gasteiger partial charge on any atom is -0.377 e. The molecule has 0 radical (unpaired) electrons. The number of unbranched alkanes of at least 4 members (excludes halogenated alkanes) is 1. The van der Waals surface area contributed by atoms with Crippen LogP contribution in [0.2, 0.25) is 6.04 Å². The SMILES string of the molecule is CO[Si](CCC(S)CCCCCl)(OC)OC. The molecule has 0 N–H and O–H groups in total. The molecule has 0 rings (SSSR count). The minimum absolute atomic E-state index is 0.371. The predicted molar refractivity (Wildman–Crippen MR) is 73.6 cm³/mol. The fraction of sp³-hybridized carbons (Fsp3) is 1.00. The number of rotatable bonds is 10. The summed E-state index contributed by atoms with van der Waals surface area (Å²) in [5.74, 6) is 0.730. The van der Waals surface area contributed by atoms with Crippen LogP contribution in [0.25, 0.3) is 0 Å². The third-order valence-corrected chi connectivity index (χ3v) is 6.19. The molecule has 3 nitrogen and oxygen atoms in total. The van der Waals surface area contributed by atoms with E-state index in [4.69, 9.17) is 24.9 Å². The summed E-state index contributed by atoms with van der Waals surface area (Å²) < 4.78 is 16.1. The van der Waals surface area contributed by atoms with Crippen LogP contribution >= 0.6 is 24.2 Å². The summed E-state index contributed by atoms with van der Waals surface area (Å²) in [4.78, 5) is 0. The highest BCUT2D eigenvalue weighted by molar-refractivity contribution is 7.80. The van der Waals surface area contributed by atoms with Gasteiger partial charge in [-0.3, -0.25) is 0 Å². The van der Waals surface area contributed by atoms with Crippen molar-refractivity contribution in [3.8, 4) is 0 Å². The van der Waals surface area contributed by atoms with Crippen molar-refractivity contribution in [2.45, 2.75) is 37.0 Å². The number of thiol groups is 1. The van der Waals surface area contributed by atoms with E-state index >= 15 is 0 Å². The van der Waals surface area contributed by atoms with Crippen LogP contribution in [0.5, 0.6) is 0 Å². The first-order valence-electron chi connectivity index (χ1n) is 5.53. The Morgan fingerprint density at radius 1 is 1.06 bits per heavy atom. The lowest BCUT2D eigenvalue weighted by Gasteiger charge is -2.25. The number of alkyl halides is 1. The summed E-state index contributed by atoms with van der Waals surface area (Å²) in [6.07, 6.45) is 4.21. The molecule has 0 spiro atoms. The van der Waals surface area contributed by atoms with Gasteiger partial charge in [-0.25, -0.2) is 0 Å². The van der Waals surface area contributed by atoms with Crippen LogP contribution in [0.15, 0.2) is 0 Å². The molecule has 0 aromatic rings. The summed E-state index contributed by atoms with van der Waals surface area (Å²) >= 11 is 10.2. The zero-order valence-corrected chi connectivity index (χ0v) is 13.0. The molecule has 0 saturated carbocycles. The van der Waals surface area contributed by atoms with E-state index in [1.807, 2.05) is 0 Å². The second kappa shape index (κ2) is 9.73. The number of halogens is 1. The molecule has 0 aliphatic heterocycles. The van der Waals surface area contributed by atoms with Gasteiger partial charge in [0.15, 0.2) is 0 Å². The maximum absolute atomic E-state index is 5.62. The molecule has 0 amide bonds. The quantitative estimate of drug-likeness (QED) is 0.290. The van der Waals surface area contributed by atoms with Gasteiger partial charge in [-0.1, -0.05) is 6.42 Å². The van der Waals surface area contributed by atoms with E-state index in [1.54, 1.807) is 21.3 Å². The van der Waals surface area contributed by atoms with Gasteiger partial charge in [0.1, 0.15) is 0 Å². The molecule has 0 aromatic carbocycles. The summed E-state index contributed by atoms with van der Waals surface area (Å²) in [5, 5.41) is 0.371. The maximum atomic E-state index is 5.62. The third kappa shape index (κ3) is 6.47. The van der Waals surface area contributed by atoms with Gasteiger partial charge in [-0.15, -0.1) is 11.6 Å². The minimum atomic E-state index is -2.40. The van der Waals surface area contributed by atoms with Crippen molar-refractivity contribution in [1.82, 2.24) is 0 Å². The molecule has 0 aliphatic carbocycles. The first-order valence-corrected chi connectivity index (χ1v) is 8.52. The lowest BCUT2D eigenvalue weighted by Crippen LogP contribution is -2.43. The van der Waals surface area contributed by atoms with Gasteiger partial charge < -0.3 is 13.3 Å². The molecule has 1 unspecified atom stereocenters. The van der Waals surface area contributed by atoms with Crippen LogP contribution in [0.3, 0.4) is 0 Å². The van der Waals surface area contributed by atoms with E-state index < -0.39 is 8.80 Å². The smallest absolute Gasteiger partial charge is 0.377 e. The first-order chi connectivity index (χ1) is 7.64. The summed E-state index contributed by atoms with van der Waals surface area (Å²) in [7, 11) is 2.51. The second-order valence-electron chi connectivity index (χ2n) is 3.67. The highest BCUT2D eigenvalue weighted by atomic mass is 35.5. The van der Waals surface area contributed by atoms with Crippen LogP contribution in [-0.4, -0.2) is 41.3 Å². The van der Waals surface area contributed by atoms with Gasteiger partial charge in [-0.05, 0) is 19.3 Å². The Labute approximate surface area is 111 Å². The average Bonchev–Trinajstić information content (AvgIpc) is 2.32. The molecule has 0 aromatic heterocycles. The van der Waals surface area contributed by atoms with Crippen LogP contribution in [-0.2, 0) is 13.3 Å². The molecule has 1 atom stereocenters. The van der Waals surface area contributed by atoms with E-state index in [-0.39, 0.29) is 0 Å². The highest BCUT2D eigenvalue weighted by Gasteiger charge is 2.37. The van der Waals surface area contributed by atoms with Gasteiger partial charge in [0, 0.05) is 38.5 Å². The maximum Gasteiger partial charge on any atom is 0.500 e. The topological polar surface area (TPSA) is 27.7 Å². The molecule has 0 bridgehead atoms. The van der Waals surface area contributed by atoms with Crippen molar-refractivity contribution in [3.05, 3.63) is 0 Å². The van der Waals surface area contributed by atoms with Crippen molar-refractivity contribution in [1.29, 1.82) is 0 Å². The highest BCUT2D eigenvalue weighted by Crippen LogP contribution is 2.21. The zero-order valence-electron chi connectivity index (χ0n) is 10.4. The lowest BCUT2D eigenvalue weighted by molar-refractivity contribution is 0.123. The fourth-order valence-corrected chi connectivity index (χ4v) is 4.08. The number of hydrogen-bond acceptors (Lipinski definition) is 4. The van der Waals surface area contributed by atoms with Gasteiger partial charge in [-0.2, -0.15) is 12.6 Å². The Balaban J connectivity index is 3.82. The van der Waals surface area contributed by atoms with Crippen LogP contribution in [0.4, 0.5) is 0 Å². The Hall–Kier alpha value is 0.737. The average molecular weight is 287 g/mol. The van der Waals surface area contributed by atoms with Crippen molar-refractivity contribution in [3.63, 3.8) is 0 Å². The van der Waals surface area contributed by atoms with Gasteiger partial charge in [0.05, 0.1) is 0 Å². The molecule has 0 fully saturated rings. The molecular formula is C10H23ClO3SSi. The van der Waals surface area contributed by atoms with Crippen molar-refractivity contribution in [2.24, 2.45) is 0 Å². The number of hydrogen-bond donors (Lipinski definition) is 1. The van der Waals surface area contributed by atoms with Crippen molar-refractivity contribution >= 4 is 33.0 Å². The van der Waals surface area contributed by atoms with E-state index in [0.717, 1.165) is 37.6 Å². The van der Waals surface area contributed by atoms with Gasteiger partial charge in [0.2, 0.25) is 0 Å².